The summed E-state index contributed by atoms with van der Waals surface area (Å²) >= 11 is 6.25. The number of imidazole rings is 1. The molecule has 0 radical (unpaired) electrons. The molecule has 3 heterocycles. The molecule has 1 aliphatic rings. The van der Waals surface area contributed by atoms with E-state index in [9.17, 15) is 4.79 Å². The highest BCUT2D eigenvalue weighted by Crippen LogP contribution is 2.36. The van der Waals surface area contributed by atoms with Crippen molar-refractivity contribution in [2.45, 2.75) is 13.5 Å². The summed E-state index contributed by atoms with van der Waals surface area (Å²) in [6.07, 6.45) is 5.79. The number of piperazine rings is 1. The van der Waals surface area contributed by atoms with E-state index in [-0.39, 0.29) is 5.91 Å². The van der Waals surface area contributed by atoms with Gasteiger partial charge in [-0.1, -0.05) is 66.2 Å². The fourth-order valence-electron chi connectivity index (χ4n) is 5.41. The topological polar surface area (TPSA) is 46.3 Å². The first-order valence-electron chi connectivity index (χ1n) is 12.9. The third-order valence-corrected chi connectivity index (χ3v) is 7.75. The number of likely N-dealkylation sites (N-methyl/N-ethyl adjacent to an activating group) is 1. The second-order valence-corrected chi connectivity index (χ2v) is 10.4. The van der Waals surface area contributed by atoms with E-state index in [4.69, 9.17) is 11.6 Å². The maximum atomic E-state index is 14.1. The molecule has 6 rings (SSSR count). The zero-order valence-electron chi connectivity index (χ0n) is 21.6. The zero-order valence-corrected chi connectivity index (χ0v) is 22.4. The molecule has 1 amide bonds. The second kappa shape index (κ2) is 10.1. The van der Waals surface area contributed by atoms with Crippen LogP contribution in [0.3, 0.4) is 0 Å². The van der Waals surface area contributed by atoms with Crippen molar-refractivity contribution in [1.82, 2.24) is 23.9 Å². The van der Waals surface area contributed by atoms with Gasteiger partial charge in [0.05, 0.1) is 24.6 Å². The van der Waals surface area contributed by atoms with Crippen molar-refractivity contribution < 1.29 is 4.79 Å². The summed E-state index contributed by atoms with van der Waals surface area (Å²) in [5.74, 6) is 0.986. The smallest absolute Gasteiger partial charge is 0.256 e. The Balaban J connectivity index is 1.50. The number of rotatable bonds is 5. The minimum Gasteiger partial charge on any atom is -0.336 e. The molecule has 0 unspecified atom stereocenters. The van der Waals surface area contributed by atoms with Crippen molar-refractivity contribution in [3.63, 3.8) is 0 Å². The standard InChI is InChI=1S/C31H30ClN5O/c1-22-30(31(38)35-15-13-34(2)14-16-35)28(27-12-6-9-24-8-3-4-11-26(24)27)20-37(22)29-18-33-21-36(29)19-23-7-5-10-25(32)17-23/h3-12,17-18,20-21H,13-16,19H2,1-2H3. The number of carbonyl (C=O) groups excluding carboxylic acids is 1. The van der Waals surface area contributed by atoms with Gasteiger partial charge in [0, 0.05) is 48.7 Å². The third kappa shape index (κ3) is 4.51. The van der Waals surface area contributed by atoms with Gasteiger partial charge < -0.3 is 18.9 Å². The molecule has 0 N–H and O–H groups in total. The summed E-state index contributed by atoms with van der Waals surface area (Å²) in [5.41, 5.74) is 4.75. The van der Waals surface area contributed by atoms with Crippen molar-refractivity contribution in [3.8, 4) is 16.9 Å². The monoisotopic (exact) mass is 523 g/mol. The number of nitrogens with zero attached hydrogens (tertiary/aromatic N) is 5. The van der Waals surface area contributed by atoms with E-state index in [1.54, 1.807) is 0 Å². The summed E-state index contributed by atoms with van der Waals surface area (Å²) < 4.78 is 4.20. The Morgan fingerprint density at radius 2 is 1.71 bits per heavy atom. The van der Waals surface area contributed by atoms with E-state index in [0.29, 0.717) is 11.6 Å². The van der Waals surface area contributed by atoms with Crippen LogP contribution in [0.25, 0.3) is 27.7 Å². The minimum absolute atomic E-state index is 0.0817. The van der Waals surface area contributed by atoms with Crippen molar-refractivity contribution in [2.24, 2.45) is 0 Å². The van der Waals surface area contributed by atoms with E-state index in [0.717, 1.165) is 70.7 Å². The van der Waals surface area contributed by atoms with Gasteiger partial charge in [-0.15, -0.1) is 0 Å². The van der Waals surface area contributed by atoms with E-state index >= 15 is 0 Å². The molecule has 7 heteroatoms. The number of hydrogen-bond acceptors (Lipinski definition) is 3. The molecule has 0 bridgehead atoms. The van der Waals surface area contributed by atoms with Crippen LogP contribution >= 0.6 is 11.6 Å². The van der Waals surface area contributed by atoms with Gasteiger partial charge in [-0.3, -0.25) is 4.79 Å². The van der Waals surface area contributed by atoms with Gasteiger partial charge in [0.15, 0.2) is 0 Å². The molecular formula is C31H30ClN5O. The van der Waals surface area contributed by atoms with Crippen LogP contribution in [0, 0.1) is 6.92 Å². The second-order valence-electron chi connectivity index (χ2n) is 10.0. The fourth-order valence-corrected chi connectivity index (χ4v) is 5.63. The summed E-state index contributed by atoms with van der Waals surface area (Å²) in [5, 5.41) is 2.99. The van der Waals surface area contributed by atoms with E-state index in [2.05, 4.69) is 74.7 Å². The van der Waals surface area contributed by atoms with E-state index in [1.807, 2.05) is 48.6 Å². The third-order valence-electron chi connectivity index (χ3n) is 7.51. The molecule has 1 aliphatic heterocycles. The summed E-state index contributed by atoms with van der Waals surface area (Å²) in [7, 11) is 2.10. The highest BCUT2D eigenvalue weighted by molar-refractivity contribution is 6.30. The average molecular weight is 524 g/mol. The van der Waals surface area contributed by atoms with Gasteiger partial charge in [-0.05, 0) is 48.0 Å². The molecule has 0 atom stereocenters. The van der Waals surface area contributed by atoms with Gasteiger partial charge in [-0.25, -0.2) is 4.98 Å². The van der Waals surface area contributed by atoms with Gasteiger partial charge in [0.1, 0.15) is 5.82 Å². The van der Waals surface area contributed by atoms with E-state index in [1.165, 1.54) is 0 Å². The maximum absolute atomic E-state index is 14.1. The number of halogens is 1. The first kappa shape index (κ1) is 24.5. The molecule has 3 aromatic carbocycles. The van der Waals surface area contributed by atoms with Crippen LogP contribution in [0.5, 0.6) is 0 Å². The Kier molecular flexibility index (Phi) is 6.52. The van der Waals surface area contributed by atoms with Crippen LogP contribution in [0.4, 0.5) is 0 Å². The minimum atomic E-state index is 0.0817. The molecule has 2 aromatic heterocycles. The van der Waals surface area contributed by atoms with Crippen LogP contribution in [0.2, 0.25) is 5.02 Å². The predicted molar refractivity (Wildman–Crippen MR) is 153 cm³/mol. The lowest BCUT2D eigenvalue weighted by Gasteiger charge is -2.32. The van der Waals surface area contributed by atoms with Crippen LogP contribution in [-0.2, 0) is 6.54 Å². The molecule has 192 valence electrons. The van der Waals surface area contributed by atoms with E-state index < -0.39 is 0 Å². The number of fused-ring (bicyclic) bond motifs is 1. The number of hydrogen-bond donors (Lipinski definition) is 0. The summed E-state index contributed by atoms with van der Waals surface area (Å²) in [6, 6.07) is 22.5. The van der Waals surface area contributed by atoms with Crippen molar-refractivity contribution in [3.05, 3.63) is 107 Å². The maximum Gasteiger partial charge on any atom is 0.256 e. The quantitative estimate of drug-likeness (QED) is 0.288. The summed E-state index contributed by atoms with van der Waals surface area (Å²) in [4.78, 5) is 22.8. The Morgan fingerprint density at radius 1 is 0.947 bits per heavy atom. The van der Waals surface area contributed by atoms with Crippen molar-refractivity contribution in [2.75, 3.05) is 33.2 Å². The van der Waals surface area contributed by atoms with Crippen LogP contribution in [0.15, 0.2) is 85.5 Å². The average Bonchev–Trinajstić information content (AvgIpc) is 3.52. The molecule has 1 saturated heterocycles. The number of benzene rings is 3. The summed E-state index contributed by atoms with van der Waals surface area (Å²) in [6.45, 7) is 5.86. The van der Waals surface area contributed by atoms with Crippen LogP contribution in [-0.4, -0.2) is 63.1 Å². The Hall–Kier alpha value is -3.87. The van der Waals surface area contributed by atoms with Gasteiger partial charge in [0.25, 0.3) is 5.91 Å². The molecule has 0 aliphatic carbocycles. The van der Waals surface area contributed by atoms with Crippen LogP contribution < -0.4 is 0 Å². The molecular weight excluding hydrogens is 494 g/mol. The number of aromatic nitrogens is 3. The molecule has 0 saturated carbocycles. The SMILES string of the molecule is Cc1c(C(=O)N2CCN(C)CC2)c(-c2cccc3ccccc23)cn1-c1cncn1Cc1cccc(Cl)c1. The van der Waals surface area contributed by atoms with Crippen molar-refractivity contribution >= 4 is 28.3 Å². The van der Waals surface area contributed by atoms with Crippen molar-refractivity contribution in [1.29, 1.82) is 0 Å². The largest absolute Gasteiger partial charge is 0.336 e. The molecule has 38 heavy (non-hydrogen) atoms. The van der Waals surface area contributed by atoms with Crippen LogP contribution in [0.1, 0.15) is 21.6 Å². The number of carbonyl (C=O) groups is 1. The highest BCUT2D eigenvalue weighted by atomic mass is 35.5. The van der Waals surface area contributed by atoms with Gasteiger partial charge >= 0.3 is 0 Å². The fraction of sp³-hybridized carbons (Fsp3) is 0.226. The molecule has 6 nitrogen and oxygen atoms in total. The highest BCUT2D eigenvalue weighted by Gasteiger charge is 2.28. The lowest BCUT2D eigenvalue weighted by atomic mass is 9.96. The molecule has 0 spiro atoms. The lowest BCUT2D eigenvalue weighted by molar-refractivity contribution is 0.0664. The number of amides is 1. The Labute approximate surface area is 227 Å². The first-order valence-corrected chi connectivity index (χ1v) is 13.3. The van der Waals surface area contributed by atoms with Gasteiger partial charge in [0.2, 0.25) is 0 Å². The molecule has 1 fully saturated rings. The van der Waals surface area contributed by atoms with Gasteiger partial charge in [-0.2, -0.15) is 0 Å². The zero-order chi connectivity index (χ0) is 26.2. The normalized spacial score (nSPS) is 14.3. The lowest BCUT2D eigenvalue weighted by Crippen LogP contribution is -2.47. The Morgan fingerprint density at radius 3 is 2.53 bits per heavy atom. The predicted octanol–water partition coefficient (Wildman–Crippen LogP) is 5.89. The molecule has 5 aromatic rings. The first-order chi connectivity index (χ1) is 18.5. The Bertz CT molecular complexity index is 1620.